The van der Waals surface area contributed by atoms with Gasteiger partial charge in [0.2, 0.25) is 5.88 Å². The van der Waals surface area contributed by atoms with Gasteiger partial charge in [-0.25, -0.2) is 0 Å². The molecule has 0 aromatic carbocycles. The van der Waals surface area contributed by atoms with Gasteiger partial charge < -0.3 is 15.8 Å². The van der Waals surface area contributed by atoms with Crippen LogP contribution in [0.15, 0.2) is 12.1 Å². The van der Waals surface area contributed by atoms with Gasteiger partial charge >= 0.3 is 0 Å². The summed E-state index contributed by atoms with van der Waals surface area (Å²) in [7, 11) is 1.61. The molecule has 3 N–H and O–H groups in total. The van der Waals surface area contributed by atoms with Crippen molar-refractivity contribution < 1.29 is 4.74 Å². The smallest absolute Gasteiger partial charge is 0.215 e. The van der Waals surface area contributed by atoms with Crippen molar-refractivity contribution in [3.05, 3.63) is 12.1 Å². The van der Waals surface area contributed by atoms with Crippen molar-refractivity contribution in [2.75, 3.05) is 18.2 Å². The first-order valence-electron chi connectivity index (χ1n) is 5.78. The van der Waals surface area contributed by atoms with Gasteiger partial charge in [0.1, 0.15) is 0 Å². The van der Waals surface area contributed by atoms with E-state index in [1.54, 1.807) is 13.2 Å². The van der Waals surface area contributed by atoms with E-state index in [0.29, 0.717) is 11.6 Å². The van der Waals surface area contributed by atoms with E-state index in [1.165, 1.54) is 19.3 Å². The van der Waals surface area contributed by atoms with E-state index in [2.05, 4.69) is 17.2 Å². The molecule has 1 fully saturated rings. The SMILES string of the molecule is CCC1(Nc2nc(OC)ccc2N)CCC1. The second-order valence-corrected chi connectivity index (χ2v) is 4.40. The van der Waals surface area contributed by atoms with Gasteiger partial charge in [0.05, 0.1) is 12.8 Å². The van der Waals surface area contributed by atoms with Crippen LogP contribution in [0.25, 0.3) is 0 Å². The molecule has 0 unspecified atom stereocenters. The largest absolute Gasteiger partial charge is 0.481 e. The standard InChI is InChI=1S/C12H19N3O/c1-3-12(7-4-8-12)15-11-9(13)5-6-10(14-11)16-2/h5-6H,3-4,7-8,13H2,1-2H3,(H,14,15). The summed E-state index contributed by atoms with van der Waals surface area (Å²) in [6.07, 6.45) is 4.78. The molecule has 1 saturated carbocycles. The van der Waals surface area contributed by atoms with Crippen molar-refractivity contribution in [3.8, 4) is 5.88 Å². The van der Waals surface area contributed by atoms with Crippen molar-refractivity contribution in [2.45, 2.75) is 38.1 Å². The molecular weight excluding hydrogens is 202 g/mol. The van der Waals surface area contributed by atoms with Crippen LogP contribution in [-0.2, 0) is 0 Å². The van der Waals surface area contributed by atoms with Crippen LogP contribution in [0.5, 0.6) is 5.88 Å². The Balaban J connectivity index is 2.19. The number of methoxy groups -OCH3 is 1. The summed E-state index contributed by atoms with van der Waals surface area (Å²) in [6.45, 7) is 2.20. The summed E-state index contributed by atoms with van der Waals surface area (Å²) in [5.74, 6) is 1.35. The molecule has 1 aliphatic carbocycles. The van der Waals surface area contributed by atoms with Crippen LogP contribution < -0.4 is 15.8 Å². The van der Waals surface area contributed by atoms with Gasteiger partial charge in [-0.3, -0.25) is 0 Å². The first-order valence-corrected chi connectivity index (χ1v) is 5.78. The quantitative estimate of drug-likeness (QED) is 0.819. The molecule has 16 heavy (non-hydrogen) atoms. The number of aromatic nitrogens is 1. The van der Waals surface area contributed by atoms with Crippen LogP contribution in [0.3, 0.4) is 0 Å². The first-order chi connectivity index (χ1) is 7.69. The van der Waals surface area contributed by atoms with Gasteiger partial charge in [-0.2, -0.15) is 4.98 Å². The Morgan fingerprint density at radius 1 is 1.50 bits per heavy atom. The fraction of sp³-hybridized carbons (Fsp3) is 0.583. The van der Waals surface area contributed by atoms with Gasteiger partial charge in [-0.05, 0) is 31.7 Å². The molecule has 1 heterocycles. The van der Waals surface area contributed by atoms with Gasteiger partial charge in [-0.15, -0.1) is 0 Å². The van der Waals surface area contributed by atoms with E-state index >= 15 is 0 Å². The van der Waals surface area contributed by atoms with Crippen molar-refractivity contribution in [1.29, 1.82) is 0 Å². The van der Waals surface area contributed by atoms with E-state index < -0.39 is 0 Å². The van der Waals surface area contributed by atoms with Crippen LogP contribution in [0.4, 0.5) is 11.5 Å². The maximum atomic E-state index is 5.90. The Kier molecular flexibility index (Phi) is 2.90. The fourth-order valence-corrected chi connectivity index (χ4v) is 2.09. The zero-order chi connectivity index (χ0) is 11.6. The van der Waals surface area contributed by atoms with Gasteiger partial charge in [0, 0.05) is 11.6 Å². The molecule has 0 aliphatic heterocycles. The number of anilines is 2. The van der Waals surface area contributed by atoms with Crippen LogP contribution in [0.1, 0.15) is 32.6 Å². The van der Waals surface area contributed by atoms with Gasteiger partial charge in [-0.1, -0.05) is 6.92 Å². The zero-order valence-corrected chi connectivity index (χ0v) is 9.92. The van der Waals surface area contributed by atoms with Crippen LogP contribution >= 0.6 is 0 Å². The summed E-state index contributed by atoms with van der Waals surface area (Å²) in [4.78, 5) is 4.35. The molecule has 1 aromatic heterocycles. The number of nitrogens with zero attached hydrogens (tertiary/aromatic N) is 1. The lowest BCUT2D eigenvalue weighted by molar-refractivity contribution is 0.268. The monoisotopic (exact) mass is 221 g/mol. The third-order valence-electron chi connectivity index (χ3n) is 3.48. The lowest BCUT2D eigenvalue weighted by Crippen LogP contribution is -2.44. The van der Waals surface area contributed by atoms with Crippen LogP contribution in [-0.4, -0.2) is 17.6 Å². The average Bonchev–Trinajstić information content (AvgIpc) is 2.26. The minimum Gasteiger partial charge on any atom is -0.481 e. The van der Waals surface area contributed by atoms with Crippen LogP contribution in [0.2, 0.25) is 0 Å². The number of nitrogens with two attached hydrogens (primary N) is 1. The van der Waals surface area contributed by atoms with Gasteiger partial charge in [0.15, 0.2) is 5.82 Å². The number of rotatable bonds is 4. The molecule has 2 rings (SSSR count). The Morgan fingerprint density at radius 3 is 2.75 bits per heavy atom. The molecule has 1 aliphatic rings. The average molecular weight is 221 g/mol. The summed E-state index contributed by atoms with van der Waals surface area (Å²) < 4.78 is 5.10. The maximum absolute atomic E-state index is 5.90. The highest BCUT2D eigenvalue weighted by atomic mass is 16.5. The Bertz CT molecular complexity index is 369. The summed E-state index contributed by atoms with van der Waals surface area (Å²) in [6, 6.07) is 3.61. The van der Waals surface area contributed by atoms with Crippen LogP contribution in [0, 0.1) is 0 Å². The van der Waals surface area contributed by atoms with E-state index in [4.69, 9.17) is 10.5 Å². The molecule has 0 atom stereocenters. The second kappa shape index (κ2) is 4.20. The highest BCUT2D eigenvalue weighted by Crippen LogP contribution is 2.38. The minimum atomic E-state index is 0.202. The third kappa shape index (κ3) is 1.92. The van der Waals surface area contributed by atoms with E-state index in [-0.39, 0.29) is 5.54 Å². The summed E-state index contributed by atoms with van der Waals surface area (Å²) in [5, 5.41) is 3.47. The summed E-state index contributed by atoms with van der Waals surface area (Å²) in [5.41, 5.74) is 6.79. The highest BCUT2D eigenvalue weighted by Gasteiger charge is 2.35. The van der Waals surface area contributed by atoms with E-state index in [1.807, 2.05) is 6.07 Å². The Morgan fingerprint density at radius 2 is 2.25 bits per heavy atom. The van der Waals surface area contributed by atoms with E-state index in [9.17, 15) is 0 Å². The molecule has 4 nitrogen and oxygen atoms in total. The molecule has 0 bridgehead atoms. The number of hydrogen-bond acceptors (Lipinski definition) is 4. The molecule has 0 saturated heterocycles. The maximum Gasteiger partial charge on any atom is 0.215 e. The van der Waals surface area contributed by atoms with Crippen molar-refractivity contribution in [3.63, 3.8) is 0 Å². The first kappa shape index (κ1) is 11.0. The zero-order valence-electron chi connectivity index (χ0n) is 9.92. The predicted molar refractivity (Wildman–Crippen MR) is 65.7 cm³/mol. The molecule has 0 amide bonds. The lowest BCUT2D eigenvalue weighted by Gasteiger charge is -2.42. The molecule has 0 radical (unpaired) electrons. The normalized spacial score (nSPS) is 17.6. The molecule has 88 valence electrons. The molecule has 1 aromatic rings. The number of pyridine rings is 1. The van der Waals surface area contributed by atoms with Crippen molar-refractivity contribution in [1.82, 2.24) is 4.98 Å². The highest BCUT2D eigenvalue weighted by molar-refractivity contribution is 5.63. The van der Waals surface area contributed by atoms with Gasteiger partial charge in [0.25, 0.3) is 0 Å². The number of nitrogens with one attached hydrogen (secondary N) is 1. The number of ether oxygens (including phenoxy) is 1. The molecular formula is C12H19N3O. The Hall–Kier alpha value is -1.45. The molecule has 0 spiro atoms. The fourth-order valence-electron chi connectivity index (χ4n) is 2.09. The lowest BCUT2D eigenvalue weighted by atomic mass is 9.75. The minimum absolute atomic E-state index is 0.202. The Labute approximate surface area is 96.2 Å². The van der Waals surface area contributed by atoms with E-state index in [0.717, 1.165) is 12.2 Å². The second-order valence-electron chi connectivity index (χ2n) is 4.40. The van der Waals surface area contributed by atoms with Crippen molar-refractivity contribution in [2.24, 2.45) is 0 Å². The number of nitrogen functional groups attached to an aromatic ring is 1. The van der Waals surface area contributed by atoms with Crippen molar-refractivity contribution >= 4 is 11.5 Å². The summed E-state index contributed by atoms with van der Waals surface area (Å²) >= 11 is 0. The predicted octanol–water partition coefficient (Wildman–Crippen LogP) is 2.42. The number of hydrogen-bond donors (Lipinski definition) is 2. The third-order valence-corrected chi connectivity index (χ3v) is 3.48. The topological polar surface area (TPSA) is 60.2 Å². The molecule has 4 heteroatoms.